The molecule has 1 atom stereocenters. The fourth-order valence-electron chi connectivity index (χ4n) is 1.37. The maximum Gasteiger partial charge on any atom is 0.299 e. The number of hydrogen-bond donors (Lipinski definition) is 0. The van der Waals surface area contributed by atoms with Crippen molar-refractivity contribution in [1.29, 1.82) is 0 Å². The van der Waals surface area contributed by atoms with Gasteiger partial charge in [0.15, 0.2) is 0 Å². The van der Waals surface area contributed by atoms with Crippen molar-refractivity contribution in [3.63, 3.8) is 0 Å². The number of ether oxygens (including phenoxy) is 1. The summed E-state index contributed by atoms with van der Waals surface area (Å²) >= 11 is 0. The Morgan fingerprint density at radius 2 is 2.33 bits per heavy atom. The number of hydrogen-bond acceptors (Lipinski definition) is 3. The normalized spacial score (nSPS) is 26.3. The van der Waals surface area contributed by atoms with Crippen molar-refractivity contribution in [3.05, 3.63) is 0 Å². The Bertz CT molecular complexity index is 241. The molecule has 12 heavy (non-hydrogen) atoms. The number of methoxy groups -OCH3 is 1. The average molecular weight is 214 g/mol. The minimum atomic E-state index is -3.50. The van der Waals surface area contributed by atoms with Crippen LogP contribution in [0.4, 0.5) is 0 Å². The zero-order valence-corrected chi connectivity index (χ0v) is 8.44. The number of nitrogens with zero attached hydrogens (tertiary/aromatic N) is 1. The van der Waals surface area contributed by atoms with E-state index < -0.39 is 9.24 Å². The van der Waals surface area contributed by atoms with Crippen molar-refractivity contribution in [1.82, 2.24) is 4.31 Å². The highest BCUT2D eigenvalue weighted by atomic mass is 35.7. The fraction of sp³-hybridized carbons (Fsp3) is 1.00. The molecule has 72 valence electrons. The van der Waals surface area contributed by atoms with Gasteiger partial charge in [0, 0.05) is 30.9 Å². The Kier molecular flexibility index (Phi) is 3.34. The van der Waals surface area contributed by atoms with Crippen molar-refractivity contribution < 1.29 is 13.2 Å². The van der Waals surface area contributed by atoms with Gasteiger partial charge in [0.2, 0.25) is 0 Å². The first-order valence-electron chi connectivity index (χ1n) is 3.72. The van der Waals surface area contributed by atoms with Crippen LogP contribution in [0.2, 0.25) is 0 Å². The van der Waals surface area contributed by atoms with E-state index in [1.165, 1.54) is 4.31 Å². The quantitative estimate of drug-likeness (QED) is 0.640. The molecule has 1 heterocycles. The smallest absolute Gasteiger partial charge is 0.299 e. The van der Waals surface area contributed by atoms with Gasteiger partial charge in [-0.05, 0) is 12.3 Å². The second kappa shape index (κ2) is 3.91. The van der Waals surface area contributed by atoms with Crippen LogP contribution >= 0.6 is 10.7 Å². The van der Waals surface area contributed by atoms with Crippen LogP contribution in [0.25, 0.3) is 0 Å². The third-order valence-corrected chi connectivity index (χ3v) is 3.49. The molecule has 0 aromatic carbocycles. The van der Waals surface area contributed by atoms with E-state index in [-0.39, 0.29) is 0 Å². The summed E-state index contributed by atoms with van der Waals surface area (Å²) in [4.78, 5) is 0. The molecule has 1 aliphatic heterocycles. The SMILES string of the molecule is COCC1CCN(S(=O)(=O)Cl)C1. The predicted octanol–water partition coefficient (Wildman–Crippen LogP) is 0.438. The van der Waals surface area contributed by atoms with Gasteiger partial charge in [0.05, 0.1) is 6.61 Å². The Balaban J connectivity index is 2.46. The van der Waals surface area contributed by atoms with Crippen molar-refractivity contribution in [3.8, 4) is 0 Å². The predicted molar refractivity (Wildman–Crippen MR) is 46.3 cm³/mol. The van der Waals surface area contributed by atoms with E-state index >= 15 is 0 Å². The van der Waals surface area contributed by atoms with Gasteiger partial charge in [-0.3, -0.25) is 0 Å². The highest BCUT2D eigenvalue weighted by Crippen LogP contribution is 2.21. The zero-order valence-electron chi connectivity index (χ0n) is 6.86. The number of rotatable bonds is 3. The average Bonchev–Trinajstić information content (AvgIpc) is 2.35. The molecule has 1 rings (SSSR count). The summed E-state index contributed by atoms with van der Waals surface area (Å²) < 4.78 is 27.9. The maximum atomic E-state index is 10.8. The Morgan fingerprint density at radius 1 is 1.67 bits per heavy atom. The lowest BCUT2D eigenvalue weighted by Gasteiger charge is -2.10. The molecule has 1 unspecified atom stereocenters. The van der Waals surface area contributed by atoms with E-state index in [2.05, 4.69) is 0 Å². The van der Waals surface area contributed by atoms with Crippen molar-refractivity contribution in [2.24, 2.45) is 5.92 Å². The van der Waals surface area contributed by atoms with E-state index in [1.54, 1.807) is 7.11 Å². The molecule has 6 heteroatoms. The van der Waals surface area contributed by atoms with E-state index in [0.717, 1.165) is 6.42 Å². The molecule has 0 N–H and O–H groups in total. The highest BCUT2D eigenvalue weighted by molar-refractivity contribution is 8.11. The van der Waals surface area contributed by atoms with Gasteiger partial charge in [-0.1, -0.05) is 0 Å². The molecular formula is C6H12ClNO3S. The summed E-state index contributed by atoms with van der Waals surface area (Å²) in [6.45, 7) is 1.60. The number of halogens is 1. The van der Waals surface area contributed by atoms with Crippen LogP contribution in [0.15, 0.2) is 0 Å². The molecule has 0 aliphatic carbocycles. The summed E-state index contributed by atoms with van der Waals surface area (Å²) in [7, 11) is 3.27. The summed E-state index contributed by atoms with van der Waals surface area (Å²) in [5, 5.41) is 0. The van der Waals surface area contributed by atoms with Crippen LogP contribution in [0.3, 0.4) is 0 Å². The third-order valence-electron chi connectivity index (χ3n) is 1.96. The van der Waals surface area contributed by atoms with Gasteiger partial charge in [0.25, 0.3) is 9.24 Å². The van der Waals surface area contributed by atoms with Crippen LogP contribution in [-0.2, 0) is 14.0 Å². The lowest BCUT2D eigenvalue weighted by atomic mass is 10.1. The molecule has 0 saturated carbocycles. The second-order valence-corrected chi connectivity index (χ2v) is 5.42. The van der Waals surface area contributed by atoms with E-state index in [0.29, 0.717) is 25.6 Å². The molecule has 0 aromatic heterocycles. The topological polar surface area (TPSA) is 46.6 Å². The molecule has 4 nitrogen and oxygen atoms in total. The van der Waals surface area contributed by atoms with Crippen LogP contribution in [0, 0.1) is 5.92 Å². The molecule has 0 aromatic rings. The molecule has 0 spiro atoms. The Hall–Kier alpha value is 0.160. The van der Waals surface area contributed by atoms with Crippen LogP contribution in [-0.4, -0.2) is 39.5 Å². The molecule has 1 aliphatic rings. The van der Waals surface area contributed by atoms with Gasteiger partial charge in [-0.2, -0.15) is 12.7 Å². The van der Waals surface area contributed by atoms with Gasteiger partial charge < -0.3 is 4.74 Å². The van der Waals surface area contributed by atoms with E-state index in [4.69, 9.17) is 15.4 Å². The molecule has 1 saturated heterocycles. The van der Waals surface area contributed by atoms with E-state index in [1.807, 2.05) is 0 Å². The lowest BCUT2D eigenvalue weighted by Crippen LogP contribution is -2.25. The molecule has 0 bridgehead atoms. The summed E-state index contributed by atoms with van der Waals surface area (Å²) in [5.74, 6) is 0.295. The van der Waals surface area contributed by atoms with Crippen LogP contribution in [0.5, 0.6) is 0 Å². The standard InChI is InChI=1S/C6H12ClNO3S/c1-11-5-6-2-3-8(4-6)12(7,9)10/h6H,2-5H2,1H3. The first-order chi connectivity index (χ1) is 5.54. The zero-order chi connectivity index (χ0) is 9.19. The largest absolute Gasteiger partial charge is 0.384 e. The lowest BCUT2D eigenvalue weighted by molar-refractivity contribution is 0.158. The summed E-state index contributed by atoms with van der Waals surface area (Å²) in [5.41, 5.74) is 0. The van der Waals surface area contributed by atoms with Crippen molar-refractivity contribution in [2.45, 2.75) is 6.42 Å². The minimum Gasteiger partial charge on any atom is -0.384 e. The minimum absolute atomic E-state index is 0.295. The van der Waals surface area contributed by atoms with Crippen LogP contribution < -0.4 is 0 Å². The second-order valence-electron chi connectivity index (χ2n) is 2.91. The maximum absolute atomic E-state index is 10.8. The third kappa shape index (κ3) is 2.58. The van der Waals surface area contributed by atoms with Crippen molar-refractivity contribution in [2.75, 3.05) is 26.8 Å². The first-order valence-corrected chi connectivity index (χ1v) is 5.99. The monoisotopic (exact) mass is 213 g/mol. The Labute approximate surface area is 77.0 Å². The van der Waals surface area contributed by atoms with E-state index in [9.17, 15) is 8.42 Å². The molecule has 0 amide bonds. The van der Waals surface area contributed by atoms with Gasteiger partial charge in [0.1, 0.15) is 0 Å². The van der Waals surface area contributed by atoms with Gasteiger partial charge in [-0.25, -0.2) is 0 Å². The summed E-state index contributed by atoms with van der Waals surface area (Å²) in [6.07, 6.45) is 0.833. The van der Waals surface area contributed by atoms with Crippen LogP contribution in [0.1, 0.15) is 6.42 Å². The molecular weight excluding hydrogens is 202 g/mol. The fourth-order valence-corrected chi connectivity index (χ4v) is 2.46. The van der Waals surface area contributed by atoms with Crippen molar-refractivity contribution >= 4 is 19.9 Å². The van der Waals surface area contributed by atoms with Gasteiger partial charge >= 0.3 is 0 Å². The first kappa shape index (κ1) is 10.2. The highest BCUT2D eigenvalue weighted by Gasteiger charge is 2.29. The molecule has 1 fully saturated rings. The Morgan fingerprint density at radius 3 is 2.75 bits per heavy atom. The molecule has 0 radical (unpaired) electrons. The summed E-state index contributed by atoms with van der Waals surface area (Å²) in [6, 6.07) is 0. The van der Waals surface area contributed by atoms with Gasteiger partial charge in [-0.15, -0.1) is 0 Å².